The summed E-state index contributed by atoms with van der Waals surface area (Å²) >= 11 is 6.12. The lowest BCUT2D eigenvalue weighted by Crippen LogP contribution is -2.45. The van der Waals surface area contributed by atoms with Crippen molar-refractivity contribution in [3.05, 3.63) is 53.1 Å². The molecule has 0 aromatic heterocycles. The summed E-state index contributed by atoms with van der Waals surface area (Å²) < 4.78 is 5.91. The topological polar surface area (TPSA) is 41.6 Å². The van der Waals surface area contributed by atoms with Crippen LogP contribution < -0.4 is 15.0 Å². The van der Waals surface area contributed by atoms with E-state index in [0.29, 0.717) is 11.6 Å². The Kier molecular flexibility index (Phi) is 4.44. The van der Waals surface area contributed by atoms with E-state index in [1.807, 2.05) is 49.4 Å². The lowest BCUT2D eigenvalue weighted by atomic mass is 10.1. The molecule has 1 aliphatic heterocycles. The quantitative estimate of drug-likeness (QED) is 0.854. The molecule has 0 fully saturated rings. The number of hydrogen-bond acceptors (Lipinski definition) is 2. The molecule has 2 aromatic carbocycles. The monoisotopic (exact) mass is 330 g/mol. The van der Waals surface area contributed by atoms with Crippen LogP contribution in [0.15, 0.2) is 42.5 Å². The Labute approximate surface area is 141 Å². The van der Waals surface area contributed by atoms with Crippen molar-refractivity contribution in [3.8, 4) is 5.75 Å². The summed E-state index contributed by atoms with van der Waals surface area (Å²) in [6.07, 6.45) is 0.838. The van der Waals surface area contributed by atoms with Crippen molar-refractivity contribution in [2.45, 2.75) is 26.4 Å². The van der Waals surface area contributed by atoms with Crippen molar-refractivity contribution in [2.24, 2.45) is 0 Å². The number of carbonyl (C=O) groups is 1. The Morgan fingerprint density at radius 3 is 2.87 bits per heavy atom. The normalized spacial score (nSPS) is 16.5. The number of urea groups is 1. The summed E-state index contributed by atoms with van der Waals surface area (Å²) in [6, 6.07) is 12.9. The van der Waals surface area contributed by atoms with E-state index < -0.39 is 0 Å². The molecule has 0 spiro atoms. The number of rotatable bonds is 2. The van der Waals surface area contributed by atoms with Crippen LogP contribution in [0.4, 0.5) is 16.2 Å². The number of nitrogens with one attached hydrogen (secondary N) is 1. The van der Waals surface area contributed by atoms with Crippen LogP contribution in [-0.2, 0) is 0 Å². The van der Waals surface area contributed by atoms with Gasteiger partial charge in [-0.15, -0.1) is 0 Å². The van der Waals surface area contributed by atoms with Gasteiger partial charge in [-0.2, -0.15) is 0 Å². The van der Waals surface area contributed by atoms with Crippen molar-refractivity contribution >= 4 is 29.0 Å². The zero-order valence-electron chi connectivity index (χ0n) is 13.2. The van der Waals surface area contributed by atoms with Crippen LogP contribution in [0.2, 0.25) is 5.02 Å². The van der Waals surface area contributed by atoms with Crippen LogP contribution in [0.1, 0.15) is 18.9 Å². The molecule has 4 nitrogen and oxygen atoms in total. The molecule has 1 heterocycles. The van der Waals surface area contributed by atoms with Crippen molar-refractivity contribution in [1.82, 2.24) is 0 Å². The number of anilines is 2. The Morgan fingerprint density at radius 1 is 1.30 bits per heavy atom. The minimum absolute atomic E-state index is 0.00360. The highest BCUT2D eigenvalue weighted by atomic mass is 35.5. The molecule has 120 valence electrons. The van der Waals surface area contributed by atoms with E-state index in [1.54, 1.807) is 4.90 Å². The summed E-state index contributed by atoms with van der Waals surface area (Å²) in [5, 5.41) is 3.59. The van der Waals surface area contributed by atoms with Gasteiger partial charge in [0.05, 0.1) is 12.2 Å². The largest absolute Gasteiger partial charge is 0.486 e. The zero-order valence-corrected chi connectivity index (χ0v) is 13.9. The van der Waals surface area contributed by atoms with E-state index in [1.165, 1.54) is 0 Å². The molecule has 0 radical (unpaired) electrons. The number of fused-ring (bicyclic) bond motifs is 1. The molecule has 5 heteroatoms. The van der Waals surface area contributed by atoms with Gasteiger partial charge in [-0.25, -0.2) is 4.79 Å². The van der Waals surface area contributed by atoms with Gasteiger partial charge in [0, 0.05) is 10.7 Å². The highest BCUT2D eigenvalue weighted by Crippen LogP contribution is 2.34. The second-order valence-electron chi connectivity index (χ2n) is 5.57. The fourth-order valence-corrected chi connectivity index (χ4v) is 2.80. The maximum absolute atomic E-state index is 12.8. The molecule has 0 saturated heterocycles. The van der Waals surface area contributed by atoms with Crippen molar-refractivity contribution in [3.63, 3.8) is 0 Å². The Hall–Kier alpha value is -2.20. The van der Waals surface area contributed by atoms with Crippen molar-refractivity contribution in [1.29, 1.82) is 0 Å². The molecule has 1 atom stereocenters. The van der Waals surface area contributed by atoms with E-state index in [4.69, 9.17) is 16.3 Å². The van der Waals surface area contributed by atoms with Gasteiger partial charge >= 0.3 is 6.03 Å². The third-order valence-electron chi connectivity index (χ3n) is 4.05. The molecule has 0 bridgehead atoms. The highest BCUT2D eigenvalue weighted by Gasteiger charge is 2.28. The molecule has 2 aromatic rings. The predicted octanol–water partition coefficient (Wildman–Crippen LogP) is 4.86. The number of amides is 2. The first kappa shape index (κ1) is 15.7. The van der Waals surface area contributed by atoms with Gasteiger partial charge in [0.2, 0.25) is 0 Å². The fourth-order valence-electron chi connectivity index (χ4n) is 2.63. The molecule has 0 aliphatic carbocycles. The van der Waals surface area contributed by atoms with E-state index in [2.05, 4.69) is 12.2 Å². The second kappa shape index (κ2) is 6.50. The Bertz CT molecular complexity index is 733. The van der Waals surface area contributed by atoms with Crippen LogP contribution >= 0.6 is 11.6 Å². The smallest absolute Gasteiger partial charge is 0.326 e. The van der Waals surface area contributed by atoms with Crippen LogP contribution in [0.25, 0.3) is 0 Å². The maximum atomic E-state index is 12.8. The molecule has 1 aliphatic rings. The molecule has 2 amide bonds. The Balaban J connectivity index is 1.88. The maximum Gasteiger partial charge on any atom is 0.326 e. The molecule has 3 rings (SSSR count). The number of ether oxygens (including phenoxy) is 1. The standard InChI is InChI=1S/C18H19ClN2O2/c1-3-13-11-21(16-9-4-5-10-17(16)23-13)18(22)20-15-8-6-7-14(19)12(15)2/h4-10,13H,3,11H2,1-2H3,(H,20,22). The Morgan fingerprint density at radius 2 is 2.09 bits per heavy atom. The summed E-state index contributed by atoms with van der Waals surface area (Å²) in [6.45, 7) is 4.47. The number of para-hydroxylation sites is 2. The third kappa shape index (κ3) is 3.13. The fraction of sp³-hybridized carbons (Fsp3) is 0.278. The van der Waals surface area contributed by atoms with Crippen LogP contribution in [0.5, 0.6) is 5.75 Å². The average molecular weight is 331 g/mol. The van der Waals surface area contributed by atoms with Gasteiger partial charge in [-0.1, -0.05) is 36.7 Å². The van der Waals surface area contributed by atoms with Crippen molar-refractivity contribution in [2.75, 3.05) is 16.8 Å². The van der Waals surface area contributed by atoms with Gasteiger partial charge in [-0.3, -0.25) is 4.90 Å². The minimum Gasteiger partial charge on any atom is -0.486 e. The van der Waals surface area contributed by atoms with Gasteiger partial charge in [-0.05, 0) is 43.2 Å². The molecule has 1 N–H and O–H groups in total. The van der Waals surface area contributed by atoms with Gasteiger partial charge in [0.15, 0.2) is 0 Å². The third-order valence-corrected chi connectivity index (χ3v) is 4.46. The highest BCUT2D eigenvalue weighted by molar-refractivity contribution is 6.31. The summed E-state index contributed by atoms with van der Waals surface area (Å²) in [7, 11) is 0. The number of halogens is 1. The van der Waals surface area contributed by atoms with Gasteiger partial charge < -0.3 is 10.1 Å². The molecule has 23 heavy (non-hydrogen) atoms. The lowest BCUT2D eigenvalue weighted by Gasteiger charge is -2.34. The first-order valence-electron chi connectivity index (χ1n) is 7.69. The SMILES string of the molecule is CCC1CN(C(=O)Nc2cccc(Cl)c2C)c2ccccc2O1. The predicted molar refractivity (Wildman–Crippen MR) is 93.7 cm³/mol. The number of hydrogen-bond donors (Lipinski definition) is 1. The summed E-state index contributed by atoms with van der Waals surface area (Å²) in [4.78, 5) is 14.5. The summed E-state index contributed by atoms with van der Waals surface area (Å²) in [5.74, 6) is 0.739. The van der Waals surface area contributed by atoms with Crippen molar-refractivity contribution < 1.29 is 9.53 Å². The minimum atomic E-state index is -0.176. The van der Waals surface area contributed by atoms with Gasteiger partial charge in [0.25, 0.3) is 0 Å². The number of benzene rings is 2. The average Bonchev–Trinajstić information content (AvgIpc) is 2.57. The molecule has 1 unspecified atom stereocenters. The molecular formula is C18H19ClN2O2. The first-order chi connectivity index (χ1) is 11.1. The van der Waals surface area contributed by atoms with Crippen LogP contribution in [0.3, 0.4) is 0 Å². The summed E-state index contributed by atoms with van der Waals surface area (Å²) in [5.41, 5.74) is 2.37. The number of nitrogens with zero attached hydrogens (tertiary/aromatic N) is 1. The van der Waals surface area contributed by atoms with E-state index in [9.17, 15) is 4.79 Å². The van der Waals surface area contributed by atoms with Gasteiger partial charge in [0.1, 0.15) is 11.9 Å². The number of carbonyl (C=O) groups excluding carboxylic acids is 1. The lowest BCUT2D eigenvalue weighted by molar-refractivity contribution is 0.188. The van der Waals surface area contributed by atoms with Crippen LogP contribution in [-0.4, -0.2) is 18.7 Å². The first-order valence-corrected chi connectivity index (χ1v) is 8.07. The van der Waals surface area contributed by atoms with Crippen LogP contribution in [0, 0.1) is 6.92 Å². The van der Waals surface area contributed by atoms with E-state index in [-0.39, 0.29) is 12.1 Å². The second-order valence-corrected chi connectivity index (χ2v) is 5.98. The van der Waals surface area contributed by atoms with E-state index in [0.717, 1.165) is 29.1 Å². The molecular weight excluding hydrogens is 312 g/mol. The zero-order chi connectivity index (χ0) is 16.4. The van der Waals surface area contributed by atoms with E-state index >= 15 is 0 Å². The molecule has 0 saturated carbocycles.